The number of rotatable bonds is 7. The minimum Gasteiger partial charge on any atom is -0.487 e. The molecule has 0 radical (unpaired) electrons. The van der Waals surface area contributed by atoms with Crippen molar-refractivity contribution in [2.24, 2.45) is 4.99 Å². The van der Waals surface area contributed by atoms with Crippen molar-refractivity contribution >= 4 is 41.5 Å². The van der Waals surface area contributed by atoms with Crippen LogP contribution in [0, 0.1) is 0 Å². The molecule has 1 aliphatic rings. The Bertz CT molecular complexity index is 784. The lowest BCUT2D eigenvalue weighted by atomic mass is 10.0. The van der Waals surface area contributed by atoms with E-state index in [9.17, 15) is 0 Å². The van der Waals surface area contributed by atoms with Gasteiger partial charge in [0.1, 0.15) is 11.9 Å². The first-order valence-electron chi connectivity index (χ1n) is 10.1. The van der Waals surface area contributed by atoms with Crippen LogP contribution >= 0.6 is 35.6 Å². The van der Waals surface area contributed by atoms with Crippen LogP contribution in [0.3, 0.4) is 0 Å². The molecule has 0 saturated carbocycles. The number of hydrogen-bond donors (Lipinski definition) is 2. The van der Waals surface area contributed by atoms with Crippen LogP contribution in [0.15, 0.2) is 53.7 Å². The Morgan fingerprint density at radius 1 is 1.23 bits per heavy atom. The first kappa shape index (κ1) is 24.7. The van der Waals surface area contributed by atoms with E-state index in [2.05, 4.69) is 31.6 Å². The smallest absolute Gasteiger partial charge is 0.191 e. The molecule has 2 aromatic rings. The maximum Gasteiger partial charge on any atom is 0.191 e. The molecule has 164 valence electrons. The van der Waals surface area contributed by atoms with Crippen molar-refractivity contribution in [3.63, 3.8) is 0 Å². The number of benzene rings is 1. The summed E-state index contributed by atoms with van der Waals surface area (Å²) < 4.78 is 5.91. The van der Waals surface area contributed by atoms with E-state index >= 15 is 0 Å². The van der Waals surface area contributed by atoms with E-state index in [4.69, 9.17) is 16.3 Å². The molecule has 0 bridgehead atoms. The minimum absolute atomic E-state index is 0. The van der Waals surface area contributed by atoms with E-state index in [1.807, 2.05) is 49.5 Å². The molecular weight excluding hydrogens is 513 g/mol. The molecule has 2 heterocycles. The largest absolute Gasteiger partial charge is 0.487 e. The number of piperidine rings is 1. The molecule has 1 saturated heterocycles. The van der Waals surface area contributed by atoms with E-state index in [-0.39, 0.29) is 30.1 Å². The Labute approximate surface area is 201 Å². The minimum atomic E-state index is -0.0336. The lowest BCUT2D eigenvalue weighted by molar-refractivity contribution is 0.195. The molecule has 1 aromatic heterocycles. The van der Waals surface area contributed by atoms with Gasteiger partial charge in [0.05, 0.1) is 17.3 Å². The van der Waals surface area contributed by atoms with E-state index in [1.54, 1.807) is 7.05 Å². The Balaban J connectivity index is 0.00000320. The predicted molar refractivity (Wildman–Crippen MR) is 134 cm³/mol. The molecule has 1 aromatic carbocycles. The van der Waals surface area contributed by atoms with E-state index < -0.39 is 0 Å². The number of pyridine rings is 1. The van der Waals surface area contributed by atoms with Crippen LogP contribution < -0.4 is 15.4 Å². The second-order valence-electron chi connectivity index (χ2n) is 7.33. The maximum absolute atomic E-state index is 6.16. The molecule has 0 amide bonds. The second-order valence-corrected chi connectivity index (χ2v) is 7.74. The number of aliphatic imine (C=N–C) groups is 1. The van der Waals surface area contributed by atoms with E-state index in [1.165, 1.54) is 0 Å². The number of nitrogens with zero attached hydrogens (tertiary/aromatic N) is 3. The van der Waals surface area contributed by atoms with Crippen molar-refractivity contribution in [3.8, 4) is 5.75 Å². The molecule has 3 rings (SSSR count). The van der Waals surface area contributed by atoms with Gasteiger partial charge in [0.15, 0.2) is 5.96 Å². The van der Waals surface area contributed by atoms with Crippen LogP contribution in [-0.2, 0) is 6.54 Å². The summed E-state index contributed by atoms with van der Waals surface area (Å²) in [5, 5.41) is 7.51. The highest BCUT2D eigenvalue weighted by molar-refractivity contribution is 14.0. The van der Waals surface area contributed by atoms with Crippen LogP contribution in [0.5, 0.6) is 5.75 Å². The fourth-order valence-electron chi connectivity index (χ4n) is 3.38. The number of ether oxygens (including phenoxy) is 1. The third-order valence-electron chi connectivity index (χ3n) is 4.99. The first-order valence-corrected chi connectivity index (χ1v) is 10.5. The number of guanidine groups is 1. The molecule has 0 spiro atoms. The molecule has 1 unspecified atom stereocenters. The summed E-state index contributed by atoms with van der Waals surface area (Å²) in [6.45, 7) is 5.68. The summed E-state index contributed by atoms with van der Waals surface area (Å²) >= 11 is 6.16. The van der Waals surface area contributed by atoms with Crippen molar-refractivity contribution in [2.45, 2.75) is 38.5 Å². The van der Waals surface area contributed by atoms with E-state index in [0.717, 1.165) is 44.1 Å². The highest BCUT2D eigenvalue weighted by Gasteiger charge is 2.20. The normalized spacial score (nSPS) is 16.4. The summed E-state index contributed by atoms with van der Waals surface area (Å²) in [6.07, 6.45) is 3.99. The first-order chi connectivity index (χ1) is 14.1. The zero-order valence-corrected chi connectivity index (χ0v) is 20.6. The number of halogens is 2. The van der Waals surface area contributed by atoms with Gasteiger partial charge in [-0.15, -0.1) is 24.0 Å². The summed E-state index contributed by atoms with van der Waals surface area (Å²) in [6, 6.07) is 14.0. The van der Waals surface area contributed by atoms with Gasteiger partial charge in [-0.2, -0.15) is 0 Å². The standard InChI is InChI=1S/C22H30ClN5O.HI/c1-17(29-21-9-4-3-8-20(21)23)15-26-22(24-2)27-18-10-13-28(14-11-18)16-19-7-5-6-12-25-19;/h3-9,12,17-18H,10-11,13-16H2,1-2H3,(H2,24,26,27);1H. The number of hydrogen-bond acceptors (Lipinski definition) is 4. The second kappa shape index (κ2) is 13.0. The van der Waals surface area contributed by atoms with Crippen molar-refractivity contribution in [3.05, 3.63) is 59.4 Å². The molecule has 0 aliphatic carbocycles. The van der Waals surface area contributed by atoms with Crippen molar-refractivity contribution in [1.29, 1.82) is 0 Å². The van der Waals surface area contributed by atoms with Gasteiger partial charge in [-0.3, -0.25) is 14.9 Å². The zero-order valence-electron chi connectivity index (χ0n) is 17.6. The quantitative estimate of drug-likeness (QED) is 0.315. The number of nitrogens with one attached hydrogen (secondary N) is 2. The van der Waals surface area contributed by atoms with Gasteiger partial charge in [0.25, 0.3) is 0 Å². The lowest BCUT2D eigenvalue weighted by Crippen LogP contribution is -2.49. The summed E-state index contributed by atoms with van der Waals surface area (Å²) in [5.74, 6) is 1.51. The third-order valence-corrected chi connectivity index (χ3v) is 5.30. The van der Waals surface area contributed by atoms with E-state index in [0.29, 0.717) is 23.4 Å². The average molecular weight is 544 g/mol. The van der Waals surface area contributed by atoms with Crippen molar-refractivity contribution in [1.82, 2.24) is 20.5 Å². The molecule has 6 nitrogen and oxygen atoms in total. The van der Waals surface area contributed by atoms with Gasteiger partial charge in [0.2, 0.25) is 0 Å². The molecule has 2 N–H and O–H groups in total. The Morgan fingerprint density at radius 2 is 1.97 bits per heavy atom. The summed E-state index contributed by atoms with van der Waals surface area (Å²) in [5.41, 5.74) is 1.13. The van der Waals surface area contributed by atoms with Crippen LogP contribution in [0.1, 0.15) is 25.5 Å². The number of aromatic nitrogens is 1. The number of likely N-dealkylation sites (tertiary alicyclic amines) is 1. The van der Waals surface area contributed by atoms with Crippen LogP contribution in [-0.4, -0.2) is 54.7 Å². The molecule has 8 heteroatoms. The highest BCUT2D eigenvalue weighted by atomic mass is 127. The zero-order chi connectivity index (χ0) is 20.5. The molecule has 1 aliphatic heterocycles. The lowest BCUT2D eigenvalue weighted by Gasteiger charge is -2.33. The monoisotopic (exact) mass is 543 g/mol. The van der Waals surface area contributed by atoms with Crippen LogP contribution in [0.25, 0.3) is 0 Å². The SMILES string of the molecule is CN=C(NCC(C)Oc1ccccc1Cl)NC1CCN(Cc2ccccn2)CC1.I. The summed E-state index contributed by atoms with van der Waals surface area (Å²) in [4.78, 5) is 11.2. The third kappa shape index (κ3) is 7.92. The topological polar surface area (TPSA) is 61.8 Å². The summed E-state index contributed by atoms with van der Waals surface area (Å²) in [7, 11) is 1.80. The molecule has 1 fully saturated rings. The Hall–Kier alpha value is -1.58. The molecule has 1 atom stereocenters. The highest BCUT2D eigenvalue weighted by Crippen LogP contribution is 2.24. The van der Waals surface area contributed by atoms with Gasteiger partial charge in [-0.25, -0.2) is 0 Å². The molecular formula is C22H31ClIN5O. The Morgan fingerprint density at radius 3 is 2.63 bits per heavy atom. The fraction of sp³-hybridized carbons (Fsp3) is 0.455. The van der Waals surface area contributed by atoms with Crippen LogP contribution in [0.2, 0.25) is 5.02 Å². The predicted octanol–water partition coefficient (Wildman–Crippen LogP) is 3.95. The fourth-order valence-corrected chi connectivity index (χ4v) is 3.56. The van der Waals surface area contributed by atoms with Gasteiger partial charge >= 0.3 is 0 Å². The van der Waals surface area contributed by atoms with Gasteiger partial charge in [0, 0.05) is 38.9 Å². The van der Waals surface area contributed by atoms with Gasteiger partial charge in [-0.05, 0) is 44.0 Å². The molecule has 30 heavy (non-hydrogen) atoms. The maximum atomic E-state index is 6.16. The average Bonchev–Trinajstić information content (AvgIpc) is 2.75. The van der Waals surface area contributed by atoms with Crippen molar-refractivity contribution in [2.75, 3.05) is 26.7 Å². The Kier molecular flexibility index (Phi) is 10.7. The number of para-hydroxylation sites is 1. The van der Waals surface area contributed by atoms with Crippen molar-refractivity contribution < 1.29 is 4.74 Å². The van der Waals surface area contributed by atoms with Gasteiger partial charge < -0.3 is 15.4 Å². The van der Waals surface area contributed by atoms with Gasteiger partial charge in [-0.1, -0.05) is 29.8 Å². The van der Waals surface area contributed by atoms with Crippen LogP contribution in [0.4, 0.5) is 0 Å².